The van der Waals surface area contributed by atoms with Gasteiger partial charge in [-0.15, -0.1) is 0 Å². The van der Waals surface area contributed by atoms with E-state index in [1.54, 1.807) is 54.6 Å². The molecule has 0 saturated carbocycles. The highest BCUT2D eigenvalue weighted by Gasteiger charge is 2.14. The van der Waals surface area contributed by atoms with Crippen LogP contribution in [0.25, 0.3) is 22.8 Å². The molecule has 0 fully saturated rings. The minimum atomic E-state index is -0.426. The molecule has 1 heterocycles. The Balaban J connectivity index is 1.44. The van der Waals surface area contributed by atoms with Crippen molar-refractivity contribution in [3.8, 4) is 28.6 Å². The van der Waals surface area contributed by atoms with Gasteiger partial charge in [0.15, 0.2) is 12.4 Å². The molecule has 0 saturated heterocycles. The van der Waals surface area contributed by atoms with E-state index < -0.39 is 5.82 Å². The highest BCUT2D eigenvalue weighted by atomic mass is 19.1. The zero-order chi connectivity index (χ0) is 19.3. The minimum Gasteiger partial charge on any atom is -0.485 e. The summed E-state index contributed by atoms with van der Waals surface area (Å²) in [7, 11) is 0. The maximum Gasteiger partial charge on any atom is 0.261 e. The van der Waals surface area contributed by atoms with Gasteiger partial charge in [-0.3, -0.25) is 4.79 Å². The fourth-order valence-corrected chi connectivity index (χ4v) is 2.64. The van der Waals surface area contributed by atoms with Crippen LogP contribution in [0.5, 0.6) is 5.75 Å². The van der Waals surface area contributed by atoms with Crippen LogP contribution in [-0.2, 0) is 0 Å². The number of ether oxygens (including phenoxy) is 1. The Morgan fingerprint density at radius 2 is 1.64 bits per heavy atom. The first-order valence-electron chi connectivity index (χ1n) is 8.61. The van der Waals surface area contributed by atoms with E-state index in [1.165, 1.54) is 6.07 Å². The van der Waals surface area contributed by atoms with Gasteiger partial charge in [-0.25, -0.2) is 4.39 Å². The molecule has 0 aliphatic carbocycles. The van der Waals surface area contributed by atoms with Crippen LogP contribution in [0.2, 0.25) is 0 Å². The Hall–Kier alpha value is -3.80. The zero-order valence-electron chi connectivity index (χ0n) is 14.7. The summed E-state index contributed by atoms with van der Waals surface area (Å²) in [6.45, 7) is -0.0526. The molecule has 0 unspecified atom stereocenters. The number of carbonyl (C=O) groups excluding carboxylic acids is 1. The number of benzene rings is 3. The molecule has 0 N–H and O–H groups in total. The van der Waals surface area contributed by atoms with Crippen molar-refractivity contribution in [2.24, 2.45) is 0 Å². The molecule has 6 heteroatoms. The minimum absolute atomic E-state index is 0.0526. The van der Waals surface area contributed by atoms with Gasteiger partial charge < -0.3 is 9.26 Å². The summed E-state index contributed by atoms with van der Waals surface area (Å²) < 4.78 is 24.5. The van der Waals surface area contributed by atoms with Gasteiger partial charge in [0.05, 0.1) is 5.56 Å². The number of rotatable bonds is 6. The molecule has 28 heavy (non-hydrogen) atoms. The Kier molecular flexibility index (Phi) is 4.93. The van der Waals surface area contributed by atoms with Crippen molar-refractivity contribution in [2.45, 2.75) is 0 Å². The van der Waals surface area contributed by atoms with Crippen molar-refractivity contribution >= 4 is 5.78 Å². The fraction of sp³-hybridized carbons (Fsp3) is 0.0455. The number of nitrogens with zero attached hydrogens (tertiary/aromatic N) is 2. The summed E-state index contributed by atoms with van der Waals surface area (Å²) in [5.41, 5.74) is 1.54. The third kappa shape index (κ3) is 3.81. The van der Waals surface area contributed by atoms with Gasteiger partial charge in [-0.1, -0.05) is 47.6 Å². The summed E-state index contributed by atoms with van der Waals surface area (Å²) in [6, 6.07) is 22.1. The second-order valence-electron chi connectivity index (χ2n) is 6.01. The Morgan fingerprint density at radius 1 is 0.929 bits per heavy atom. The number of hydrogen-bond donors (Lipinski definition) is 0. The lowest BCUT2D eigenvalue weighted by Crippen LogP contribution is -2.11. The van der Waals surface area contributed by atoms with Crippen LogP contribution in [0.15, 0.2) is 83.4 Å². The number of halogens is 1. The maximum absolute atomic E-state index is 13.8. The molecule has 4 aromatic rings. The highest BCUT2D eigenvalue weighted by Crippen LogP contribution is 2.25. The van der Waals surface area contributed by atoms with Crippen molar-refractivity contribution in [2.75, 3.05) is 6.61 Å². The van der Waals surface area contributed by atoms with Gasteiger partial charge in [0.1, 0.15) is 11.6 Å². The van der Waals surface area contributed by atoms with Gasteiger partial charge in [0.2, 0.25) is 5.82 Å². The summed E-state index contributed by atoms with van der Waals surface area (Å²) in [5.74, 6) is 0.472. The fourth-order valence-electron chi connectivity index (χ4n) is 2.64. The second-order valence-corrected chi connectivity index (χ2v) is 6.01. The molecule has 0 aliphatic heterocycles. The first-order chi connectivity index (χ1) is 13.7. The summed E-state index contributed by atoms with van der Waals surface area (Å²) >= 11 is 0. The van der Waals surface area contributed by atoms with Gasteiger partial charge >= 0.3 is 0 Å². The topological polar surface area (TPSA) is 65.2 Å². The standard InChI is InChI=1S/C22H15FN2O3/c23-19-9-5-4-8-18(19)22-24-21(25-28-22)16-10-12-17(13-11-16)27-14-20(26)15-6-2-1-3-7-15/h1-13H,14H2. The summed E-state index contributed by atoms with van der Waals surface area (Å²) in [5, 5.41) is 3.90. The maximum atomic E-state index is 13.8. The van der Waals surface area contributed by atoms with Crippen LogP contribution < -0.4 is 4.74 Å². The van der Waals surface area contributed by atoms with E-state index >= 15 is 0 Å². The molecule has 5 nitrogen and oxygen atoms in total. The smallest absolute Gasteiger partial charge is 0.261 e. The van der Waals surface area contributed by atoms with Gasteiger partial charge in [0, 0.05) is 11.1 Å². The molecule has 138 valence electrons. The van der Waals surface area contributed by atoms with E-state index in [4.69, 9.17) is 9.26 Å². The van der Waals surface area contributed by atoms with Crippen LogP contribution in [0.3, 0.4) is 0 Å². The average Bonchev–Trinajstić information content (AvgIpc) is 3.23. The van der Waals surface area contributed by atoms with Crippen LogP contribution >= 0.6 is 0 Å². The summed E-state index contributed by atoms with van der Waals surface area (Å²) in [6.07, 6.45) is 0. The average molecular weight is 374 g/mol. The quantitative estimate of drug-likeness (QED) is 0.453. The molecular weight excluding hydrogens is 359 g/mol. The SMILES string of the molecule is O=C(COc1ccc(-c2noc(-c3ccccc3F)n2)cc1)c1ccccc1. The third-order valence-electron chi connectivity index (χ3n) is 4.11. The lowest BCUT2D eigenvalue weighted by Gasteiger charge is -2.06. The zero-order valence-corrected chi connectivity index (χ0v) is 14.7. The molecular formula is C22H15FN2O3. The van der Waals surface area contributed by atoms with Crippen LogP contribution in [0, 0.1) is 5.82 Å². The summed E-state index contributed by atoms with van der Waals surface area (Å²) in [4.78, 5) is 16.3. The molecule has 1 aromatic heterocycles. The molecule has 0 amide bonds. The van der Waals surface area contributed by atoms with Gasteiger partial charge in [-0.2, -0.15) is 4.98 Å². The number of hydrogen-bond acceptors (Lipinski definition) is 5. The predicted octanol–water partition coefficient (Wildman–Crippen LogP) is 4.80. The third-order valence-corrected chi connectivity index (χ3v) is 4.11. The van der Waals surface area contributed by atoms with Crippen LogP contribution in [0.1, 0.15) is 10.4 Å². The van der Waals surface area contributed by atoms with E-state index in [0.717, 1.165) is 0 Å². The van der Waals surface area contributed by atoms with Crippen molar-refractivity contribution in [1.29, 1.82) is 0 Å². The van der Waals surface area contributed by atoms with E-state index in [2.05, 4.69) is 10.1 Å². The van der Waals surface area contributed by atoms with Crippen molar-refractivity contribution in [3.05, 3.63) is 90.2 Å². The Bertz CT molecular complexity index is 1090. The molecule has 4 rings (SSSR count). The van der Waals surface area contributed by atoms with Crippen LogP contribution in [-0.4, -0.2) is 22.5 Å². The van der Waals surface area contributed by atoms with Crippen molar-refractivity contribution in [1.82, 2.24) is 10.1 Å². The number of carbonyl (C=O) groups is 1. The first-order valence-corrected chi connectivity index (χ1v) is 8.61. The molecule has 0 atom stereocenters. The van der Waals surface area contributed by atoms with Crippen LogP contribution in [0.4, 0.5) is 4.39 Å². The lowest BCUT2D eigenvalue weighted by molar-refractivity contribution is 0.0921. The molecule has 0 radical (unpaired) electrons. The van der Waals surface area contributed by atoms with Gasteiger partial charge in [0.25, 0.3) is 5.89 Å². The predicted molar refractivity (Wildman–Crippen MR) is 101 cm³/mol. The van der Waals surface area contributed by atoms with Gasteiger partial charge in [-0.05, 0) is 36.4 Å². The molecule has 0 aliphatic rings. The van der Waals surface area contributed by atoms with E-state index in [1.807, 2.05) is 18.2 Å². The number of Topliss-reactive ketones (excluding diaryl/α,β-unsaturated/α-hetero) is 1. The second kappa shape index (κ2) is 7.84. The van der Waals surface area contributed by atoms with Crippen molar-refractivity contribution < 1.29 is 18.4 Å². The molecule has 0 spiro atoms. The lowest BCUT2D eigenvalue weighted by atomic mass is 10.1. The van der Waals surface area contributed by atoms with E-state index in [0.29, 0.717) is 22.7 Å². The molecule has 3 aromatic carbocycles. The largest absolute Gasteiger partial charge is 0.485 e. The highest BCUT2D eigenvalue weighted by molar-refractivity contribution is 5.97. The number of ketones is 1. The molecule has 0 bridgehead atoms. The van der Waals surface area contributed by atoms with E-state index in [9.17, 15) is 9.18 Å². The van der Waals surface area contributed by atoms with Crippen molar-refractivity contribution in [3.63, 3.8) is 0 Å². The first kappa shape index (κ1) is 17.6. The van der Waals surface area contributed by atoms with E-state index in [-0.39, 0.29) is 23.8 Å². The Labute approximate surface area is 160 Å². The number of aromatic nitrogens is 2. The monoisotopic (exact) mass is 374 g/mol. The Morgan fingerprint density at radius 3 is 2.39 bits per heavy atom. The normalized spacial score (nSPS) is 10.6.